The Morgan fingerprint density at radius 1 is 1.00 bits per heavy atom. The molecule has 2 bridgehead atoms. The van der Waals surface area contributed by atoms with Crippen LogP contribution >= 0.6 is 0 Å². The number of carbonyl (C=O) groups excluding carboxylic acids is 1. The van der Waals surface area contributed by atoms with Gasteiger partial charge >= 0.3 is 0 Å². The second-order valence-electron chi connectivity index (χ2n) is 9.10. The third kappa shape index (κ3) is 4.44. The molecule has 2 fully saturated rings. The third-order valence-electron chi connectivity index (χ3n) is 6.68. The van der Waals surface area contributed by atoms with Crippen LogP contribution in [0.2, 0.25) is 0 Å². The molecular weight excluding hydrogens is 396 g/mol. The van der Waals surface area contributed by atoms with Crippen LogP contribution in [0.25, 0.3) is 0 Å². The van der Waals surface area contributed by atoms with Gasteiger partial charge in [-0.05, 0) is 94.2 Å². The van der Waals surface area contributed by atoms with Crippen LogP contribution in [0.5, 0.6) is 0 Å². The van der Waals surface area contributed by atoms with Crippen LogP contribution < -0.4 is 10.0 Å². The minimum atomic E-state index is -3.59. The lowest BCUT2D eigenvalue weighted by molar-refractivity contribution is 0.102. The number of benzene rings is 2. The molecule has 4 rings (SSSR count). The highest BCUT2D eigenvalue weighted by atomic mass is 32.2. The number of amides is 1. The summed E-state index contributed by atoms with van der Waals surface area (Å²) in [6.07, 6.45) is 4.93. The van der Waals surface area contributed by atoms with E-state index in [1.165, 1.54) is 19.3 Å². The first-order chi connectivity index (χ1) is 14.2. The maximum absolute atomic E-state index is 12.8. The molecule has 2 N–H and O–H groups in total. The highest BCUT2D eigenvalue weighted by Gasteiger charge is 2.42. The Morgan fingerprint density at radius 3 is 2.23 bits per heavy atom. The third-order valence-corrected chi connectivity index (χ3v) is 8.26. The molecule has 0 heterocycles. The largest absolute Gasteiger partial charge is 0.322 e. The Hall–Kier alpha value is -2.18. The maximum atomic E-state index is 12.8. The smallest absolute Gasteiger partial charge is 0.255 e. The Morgan fingerprint density at radius 2 is 1.67 bits per heavy atom. The van der Waals surface area contributed by atoms with E-state index in [9.17, 15) is 13.2 Å². The number of rotatable bonds is 6. The van der Waals surface area contributed by atoms with E-state index >= 15 is 0 Å². The van der Waals surface area contributed by atoms with Crippen molar-refractivity contribution < 1.29 is 13.2 Å². The van der Waals surface area contributed by atoms with Gasteiger partial charge in [0.1, 0.15) is 0 Å². The van der Waals surface area contributed by atoms with Crippen molar-refractivity contribution in [2.24, 2.45) is 17.8 Å². The molecule has 2 aromatic rings. The van der Waals surface area contributed by atoms with Crippen LogP contribution in [-0.4, -0.2) is 20.4 Å². The van der Waals surface area contributed by atoms with Crippen molar-refractivity contribution in [1.82, 2.24) is 4.72 Å². The zero-order chi connectivity index (χ0) is 21.5. The number of hydrogen-bond acceptors (Lipinski definition) is 3. The van der Waals surface area contributed by atoms with Crippen molar-refractivity contribution in [3.05, 3.63) is 59.2 Å². The number of sulfonamides is 1. The monoisotopic (exact) mass is 426 g/mol. The quantitative estimate of drug-likeness (QED) is 0.705. The Bertz CT molecular complexity index is 1030. The van der Waals surface area contributed by atoms with E-state index in [0.717, 1.165) is 23.5 Å². The fraction of sp³-hybridized carbons (Fsp3) is 0.458. The van der Waals surface area contributed by atoms with Gasteiger partial charge in [0.2, 0.25) is 10.0 Å². The van der Waals surface area contributed by atoms with Gasteiger partial charge in [-0.15, -0.1) is 0 Å². The van der Waals surface area contributed by atoms with Crippen LogP contribution in [0, 0.1) is 31.6 Å². The molecule has 160 valence electrons. The molecule has 0 saturated heterocycles. The van der Waals surface area contributed by atoms with Crippen LogP contribution in [0.1, 0.15) is 54.1 Å². The Labute approximate surface area is 179 Å². The molecule has 2 aliphatic carbocycles. The minimum Gasteiger partial charge on any atom is -0.322 e. The summed E-state index contributed by atoms with van der Waals surface area (Å²) in [6, 6.07) is 12.0. The average Bonchev–Trinajstić information content (AvgIpc) is 3.31. The summed E-state index contributed by atoms with van der Waals surface area (Å²) in [7, 11) is -3.59. The molecule has 0 spiro atoms. The molecule has 0 unspecified atom stereocenters. The van der Waals surface area contributed by atoms with Gasteiger partial charge in [0.05, 0.1) is 4.90 Å². The topological polar surface area (TPSA) is 75.3 Å². The van der Waals surface area contributed by atoms with Crippen molar-refractivity contribution in [3.63, 3.8) is 0 Å². The van der Waals surface area contributed by atoms with Crippen LogP contribution in [-0.2, 0) is 10.0 Å². The van der Waals surface area contributed by atoms with Crippen LogP contribution in [0.15, 0.2) is 47.4 Å². The van der Waals surface area contributed by atoms with Gasteiger partial charge in [-0.25, -0.2) is 13.1 Å². The summed E-state index contributed by atoms with van der Waals surface area (Å²) in [5.74, 6) is 1.68. The van der Waals surface area contributed by atoms with E-state index in [1.807, 2.05) is 39.0 Å². The predicted octanol–water partition coefficient (Wildman–Crippen LogP) is 4.66. The lowest BCUT2D eigenvalue weighted by Crippen LogP contribution is -2.40. The molecule has 2 aliphatic rings. The van der Waals surface area contributed by atoms with Crippen LogP contribution in [0.4, 0.5) is 5.69 Å². The Kier molecular flexibility index (Phi) is 5.73. The molecule has 4 atom stereocenters. The summed E-state index contributed by atoms with van der Waals surface area (Å²) < 4.78 is 28.6. The summed E-state index contributed by atoms with van der Waals surface area (Å²) in [5.41, 5.74) is 3.21. The zero-order valence-corrected chi connectivity index (χ0v) is 18.6. The normalized spacial score (nSPS) is 24.0. The summed E-state index contributed by atoms with van der Waals surface area (Å²) in [4.78, 5) is 12.7. The molecule has 2 aromatic carbocycles. The van der Waals surface area contributed by atoms with Crippen LogP contribution in [0.3, 0.4) is 0 Å². The highest BCUT2D eigenvalue weighted by Crippen LogP contribution is 2.49. The number of carbonyl (C=O) groups is 1. The van der Waals surface area contributed by atoms with E-state index in [2.05, 4.69) is 10.0 Å². The molecule has 0 radical (unpaired) electrons. The fourth-order valence-electron chi connectivity index (χ4n) is 5.33. The summed E-state index contributed by atoms with van der Waals surface area (Å²) in [6.45, 7) is 5.89. The molecule has 6 heteroatoms. The lowest BCUT2D eigenvalue weighted by atomic mass is 9.84. The number of anilines is 1. The molecule has 5 nitrogen and oxygen atoms in total. The average molecular weight is 427 g/mol. The SMILES string of the molecule is Cc1cc(C)cc(C(=O)Nc2ccc(S(=O)(=O)N[C@H](C)[C@@H]3C[C@H]4CC[C@H]3C4)cc2)c1. The summed E-state index contributed by atoms with van der Waals surface area (Å²) >= 11 is 0. The van der Waals surface area contributed by atoms with Crippen molar-refractivity contribution in [1.29, 1.82) is 0 Å². The van der Waals surface area contributed by atoms with E-state index in [1.54, 1.807) is 24.3 Å². The molecule has 1 amide bonds. The van der Waals surface area contributed by atoms with E-state index < -0.39 is 10.0 Å². The van der Waals surface area contributed by atoms with Gasteiger partial charge in [-0.1, -0.05) is 23.6 Å². The van der Waals surface area contributed by atoms with E-state index in [-0.39, 0.29) is 16.8 Å². The molecule has 0 aromatic heterocycles. The maximum Gasteiger partial charge on any atom is 0.255 e. The van der Waals surface area contributed by atoms with Gasteiger partial charge < -0.3 is 5.32 Å². The second-order valence-corrected chi connectivity index (χ2v) is 10.8. The molecule has 30 heavy (non-hydrogen) atoms. The van der Waals surface area contributed by atoms with Crippen molar-refractivity contribution in [2.45, 2.75) is 57.4 Å². The van der Waals surface area contributed by atoms with E-state index in [4.69, 9.17) is 0 Å². The first-order valence-electron chi connectivity index (χ1n) is 10.7. The minimum absolute atomic E-state index is 0.0609. The molecular formula is C24H30N2O3S. The van der Waals surface area contributed by atoms with Gasteiger partial charge in [0.25, 0.3) is 5.91 Å². The zero-order valence-electron chi connectivity index (χ0n) is 17.8. The van der Waals surface area contributed by atoms with E-state index in [0.29, 0.717) is 23.1 Å². The first kappa shape index (κ1) is 21.1. The second kappa shape index (κ2) is 8.16. The van der Waals surface area contributed by atoms with Crippen molar-refractivity contribution in [3.8, 4) is 0 Å². The van der Waals surface area contributed by atoms with Gasteiger partial charge in [-0.3, -0.25) is 4.79 Å². The molecule has 2 saturated carbocycles. The fourth-order valence-corrected chi connectivity index (χ4v) is 6.63. The Balaban J connectivity index is 1.41. The van der Waals surface area contributed by atoms with Gasteiger partial charge in [0, 0.05) is 17.3 Å². The summed E-state index contributed by atoms with van der Waals surface area (Å²) in [5, 5.41) is 2.84. The first-order valence-corrected chi connectivity index (χ1v) is 12.2. The lowest BCUT2D eigenvalue weighted by Gasteiger charge is -2.28. The van der Waals surface area contributed by atoms with Gasteiger partial charge in [-0.2, -0.15) is 0 Å². The van der Waals surface area contributed by atoms with Crippen molar-refractivity contribution in [2.75, 3.05) is 5.32 Å². The number of hydrogen-bond donors (Lipinski definition) is 2. The number of aryl methyl sites for hydroxylation is 2. The van der Waals surface area contributed by atoms with Gasteiger partial charge in [0.15, 0.2) is 0 Å². The number of nitrogens with one attached hydrogen (secondary N) is 2. The van der Waals surface area contributed by atoms with Crippen molar-refractivity contribution >= 4 is 21.6 Å². The number of fused-ring (bicyclic) bond motifs is 2. The molecule has 0 aliphatic heterocycles. The highest BCUT2D eigenvalue weighted by molar-refractivity contribution is 7.89. The predicted molar refractivity (Wildman–Crippen MR) is 119 cm³/mol. The standard InChI is InChI=1S/C24H30N2O3S/c1-15-10-16(2)12-20(11-15)24(27)25-21-6-8-22(9-7-21)30(28,29)26-17(3)23-14-18-4-5-19(23)13-18/h6-12,17-19,23,26H,4-5,13-14H2,1-3H3,(H,25,27)/t17-,18+,19+,23+/m1/s1.